The monoisotopic (exact) mass is 322 g/mol. The third kappa shape index (κ3) is 3.67. The van der Waals surface area contributed by atoms with E-state index in [1.165, 1.54) is 14.2 Å². The van der Waals surface area contributed by atoms with Gasteiger partial charge in [-0.2, -0.15) is 0 Å². The molecule has 1 aliphatic heterocycles. The van der Waals surface area contributed by atoms with Gasteiger partial charge >= 0.3 is 6.09 Å². The maximum Gasteiger partial charge on any atom is 0.410 e. The van der Waals surface area contributed by atoms with Gasteiger partial charge in [-0.3, -0.25) is 9.69 Å². The van der Waals surface area contributed by atoms with Crippen LogP contribution in [0.5, 0.6) is 11.5 Å². The highest BCUT2D eigenvalue weighted by atomic mass is 16.6. The van der Waals surface area contributed by atoms with Crippen molar-refractivity contribution in [2.75, 3.05) is 33.9 Å². The van der Waals surface area contributed by atoms with Crippen molar-refractivity contribution < 1.29 is 23.8 Å². The molecule has 0 spiro atoms. The predicted octanol–water partition coefficient (Wildman–Crippen LogP) is 1.66. The minimum atomic E-state index is -0.528. The lowest BCUT2D eigenvalue weighted by molar-refractivity contribution is 0.0902. The second-order valence-corrected chi connectivity index (χ2v) is 5.83. The molecule has 1 N–H and O–H groups in total. The van der Waals surface area contributed by atoms with Gasteiger partial charge in [-0.25, -0.2) is 4.79 Å². The van der Waals surface area contributed by atoms with E-state index in [0.29, 0.717) is 36.8 Å². The lowest BCUT2D eigenvalue weighted by atomic mass is 10.0. The van der Waals surface area contributed by atoms with Crippen molar-refractivity contribution in [1.82, 2.24) is 10.2 Å². The summed E-state index contributed by atoms with van der Waals surface area (Å²) in [5.74, 6) is 0.804. The van der Waals surface area contributed by atoms with E-state index in [-0.39, 0.29) is 12.0 Å². The van der Waals surface area contributed by atoms with Crippen LogP contribution < -0.4 is 14.8 Å². The normalized spacial score (nSPS) is 14.4. The summed E-state index contributed by atoms with van der Waals surface area (Å²) >= 11 is 0. The molecule has 7 nitrogen and oxygen atoms in total. The number of ether oxygens (including phenoxy) is 3. The fraction of sp³-hybridized carbons (Fsp3) is 0.500. The molecule has 0 aromatic heterocycles. The quantitative estimate of drug-likeness (QED) is 0.862. The summed E-state index contributed by atoms with van der Waals surface area (Å²) < 4.78 is 15.3. The lowest BCUT2D eigenvalue weighted by Gasteiger charge is -2.33. The third-order valence-corrected chi connectivity index (χ3v) is 3.82. The van der Waals surface area contributed by atoms with Gasteiger partial charge in [-0.05, 0) is 32.0 Å². The van der Waals surface area contributed by atoms with E-state index in [2.05, 4.69) is 5.32 Å². The first-order valence-electron chi connectivity index (χ1n) is 7.33. The van der Waals surface area contributed by atoms with Crippen LogP contribution in [0.4, 0.5) is 4.79 Å². The summed E-state index contributed by atoms with van der Waals surface area (Å²) in [6.45, 7) is 4.99. The Morgan fingerprint density at radius 1 is 1.30 bits per heavy atom. The summed E-state index contributed by atoms with van der Waals surface area (Å²) in [6.07, 6.45) is -0.352. The molecule has 2 rings (SSSR count). The smallest absolute Gasteiger partial charge is 0.410 e. The highest BCUT2D eigenvalue weighted by Crippen LogP contribution is 2.27. The standard InChI is InChI=1S/C16H22N2O5/c1-16(2,18-7-8-23-15(18)20)10-17-14(19)11-5-6-12(21-3)13(9-11)22-4/h5-6,9H,7-8,10H2,1-4H3,(H,17,19). The number of nitrogens with zero attached hydrogens (tertiary/aromatic N) is 1. The molecule has 1 aromatic rings. The van der Waals surface area contributed by atoms with Gasteiger partial charge in [0.1, 0.15) is 6.61 Å². The number of hydrogen-bond donors (Lipinski definition) is 1. The van der Waals surface area contributed by atoms with E-state index < -0.39 is 5.54 Å². The van der Waals surface area contributed by atoms with Crippen LogP contribution in [0.2, 0.25) is 0 Å². The van der Waals surface area contributed by atoms with Crippen LogP contribution in [-0.2, 0) is 4.74 Å². The van der Waals surface area contributed by atoms with Gasteiger partial charge in [0.15, 0.2) is 11.5 Å². The maximum atomic E-state index is 12.3. The molecule has 0 bridgehead atoms. The van der Waals surface area contributed by atoms with Gasteiger partial charge in [-0.15, -0.1) is 0 Å². The number of amides is 2. The highest BCUT2D eigenvalue weighted by Gasteiger charge is 2.35. The van der Waals surface area contributed by atoms with E-state index in [0.717, 1.165) is 0 Å². The molecule has 0 radical (unpaired) electrons. The molecule has 0 saturated carbocycles. The van der Waals surface area contributed by atoms with Crippen molar-refractivity contribution in [3.05, 3.63) is 23.8 Å². The molecule has 7 heteroatoms. The Balaban J connectivity index is 2.03. The second kappa shape index (κ2) is 6.76. The molecule has 2 amide bonds. The largest absolute Gasteiger partial charge is 0.493 e. The number of methoxy groups -OCH3 is 2. The SMILES string of the molecule is COc1ccc(C(=O)NCC(C)(C)N2CCOC2=O)cc1OC. The topological polar surface area (TPSA) is 77.1 Å². The Hall–Kier alpha value is -2.44. The average molecular weight is 322 g/mol. The minimum absolute atomic E-state index is 0.244. The molecular weight excluding hydrogens is 300 g/mol. The minimum Gasteiger partial charge on any atom is -0.493 e. The number of benzene rings is 1. The summed E-state index contributed by atoms with van der Waals surface area (Å²) in [5, 5.41) is 2.84. The van der Waals surface area contributed by atoms with Gasteiger partial charge in [0.2, 0.25) is 0 Å². The van der Waals surface area contributed by atoms with Crippen molar-refractivity contribution >= 4 is 12.0 Å². The molecular formula is C16H22N2O5. The molecule has 0 unspecified atom stereocenters. The highest BCUT2D eigenvalue weighted by molar-refractivity contribution is 5.95. The zero-order valence-corrected chi connectivity index (χ0v) is 13.8. The Labute approximate surface area is 135 Å². The maximum absolute atomic E-state index is 12.3. The molecule has 23 heavy (non-hydrogen) atoms. The van der Waals surface area contributed by atoms with Crippen LogP contribution in [0.3, 0.4) is 0 Å². The summed E-state index contributed by atoms with van der Waals surface area (Å²) in [7, 11) is 3.05. The number of nitrogens with one attached hydrogen (secondary N) is 1. The zero-order chi connectivity index (χ0) is 17.0. The van der Waals surface area contributed by atoms with Crippen molar-refractivity contribution in [2.45, 2.75) is 19.4 Å². The first kappa shape index (κ1) is 16.9. The van der Waals surface area contributed by atoms with Gasteiger partial charge in [0.05, 0.1) is 26.3 Å². The van der Waals surface area contributed by atoms with E-state index in [1.54, 1.807) is 23.1 Å². The Morgan fingerprint density at radius 2 is 2.00 bits per heavy atom. The predicted molar refractivity (Wildman–Crippen MR) is 84.0 cm³/mol. The molecule has 0 atom stereocenters. The summed E-state index contributed by atoms with van der Waals surface area (Å²) in [4.78, 5) is 25.6. The van der Waals surface area contributed by atoms with Crippen LogP contribution in [0.25, 0.3) is 0 Å². The van der Waals surface area contributed by atoms with E-state index in [9.17, 15) is 9.59 Å². The van der Waals surface area contributed by atoms with Crippen LogP contribution in [-0.4, -0.2) is 56.4 Å². The molecule has 1 saturated heterocycles. The van der Waals surface area contributed by atoms with Crippen molar-refractivity contribution in [3.63, 3.8) is 0 Å². The van der Waals surface area contributed by atoms with Gasteiger partial charge in [-0.1, -0.05) is 0 Å². The van der Waals surface area contributed by atoms with Gasteiger partial charge in [0.25, 0.3) is 5.91 Å². The molecule has 1 aliphatic rings. The number of rotatable bonds is 6. The number of carbonyl (C=O) groups excluding carboxylic acids is 2. The first-order chi connectivity index (χ1) is 10.9. The van der Waals surface area contributed by atoms with Crippen molar-refractivity contribution in [2.24, 2.45) is 0 Å². The van der Waals surface area contributed by atoms with Crippen molar-refractivity contribution in [3.8, 4) is 11.5 Å². The fourth-order valence-electron chi connectivity index (χ4n) is 2.41. The van der Waals surface area contributed by atoms with Crippen molar-refractivity contribution in [1.29, 1.82) is 0 Å². The molecule has 126 valence electrons. The number of carbonyl (C=O) groups is 2. The van der Waals surface area contributed by atoms with Crippen LogP contribution in [0.1, 0.15) is 24.2 Å². The van der Waals surface area contributed by atoms with Crippen LogP contribution >= 0.6 is 0 Å². The van der Waals surface area contributed by atoms with Crippen LogP contribution in [0, 0.1) is 0 Å². The van der Waals surface area contributed by atoms with Crippen LogP contribution in [0.15, 0.2) is 18.2 Å². The number of hydrogen-bond acceptors (Lipinski definition) is 5. The molecule has 1 aromatic carbocycles. The first-order valence-corrected chi connectivity index (χ1v) is 7.33. The molecule has 1 fully saturated rings. The van der Waals surface area contributed by atoms with E-state index in [4.69, 9.17) is 14.2 Å². The Morgan fingerprint density at radius 3 is 2.57 bits per heavy atom. The van der Waals surface area contributed by atoms with E-state index >= 15 is 0 Å². The zero-order valence-electron chi connectivity index (χ0n) is 13.8. The Bertz CT molecular complexity index is 600. The second-order valence-electron chi connectivity index (χ2n) is 5.83. The Kier molecular flexibility index (Phi) is 4.98. The number of cyclic esters (lactones) is 1. The third-order valence-electron chi connectivity index (χ3n) is 3.82. The fourth-order valence-corrected chi connectivity index (χ4v) is 2.41. The summed E-state index contributed by atoms with van der Waals surface area (Å²) in [5.41, 5.74) is -0.0674. The molecule has 0 aliphatic carbocycles. The molecule has 1 heterocycles. The van der Waals surface area contributed by atoms with Gasteiger partial charge in [0, 0.05) is 12.1 Å². The lowest BCUT2D eigenvalue weighted by Crippen LogP contribution is -2.52. The average Bonchev–Trinajstić information content (AvgIpc) is 2.99. The summed E-state index contributed by atoms with van der Waals surface area (Å²) in [6, 6.07) is 4.95. The van der Waals surface area contributed by atoms with E-state index in [1.807, 2.05) is 13.8 Å². The van der Waals surface area contributed by atoms with Gasteiger partial charge < -0.3 is 19.5 Å².